The minimum atomic E-state index is -0.0519. The summed E-state index contributed by atoms with van der Waals surface area (Å²) in [6.07, 6.45) is 4.22. The van der Waals surface area contributed by atoms with E-state index >= 15 is 0 Å². The van der Waals surface area contributed by atoms with Crippen molar-refractivity contribution in [2.75, 3.05) is 12.8 Å². The number of rotatable bonds is 7. The molecule has 1 N–H and O–H groups in total. The number of hydrazone groups is 1. The second kappa shape index (κ2) is 8.72. The predicted octanol–water partition coefficient (Wildman–Crippen LogP) is 2.80. The van der Waals surface area contributed by atoms with Crippen LogP contribution in [0.3, 0.4) is 0 Å². The van der Waals surface area contributed by atoms with Crippen molar-refractivity contribution < 1.29 is 9.59 Å². The number of hydrogen-bond donors (Lipinski definition) is 1. The lowest BCUT2D eigenvalue weighted by Crippen LogP contribution is -2.31. The molecule has 0 radical (unpaired) electrons. The SMILES string of the molecule is CCN(Cc1ccc(SC)cc1)C(=O)CCC1=NNC(=O)CC1. The molecular weight excluding hydrogens is 310 g/mol. The monoisotopic (exact) mass is 333 g/mol. The molecule has 1 aromatic carbocycles. The Balaban J connectivity index is 1.86. The highest BCUT2D eigenvalue weighted by molar-refractivity contribution is 7.98. The van der Waals surface area contributed by atoms with Crippen LogP contribution in [-0.2, 0) is 16.1 Å². The second-order valence-electron chi connectivity index (χ2n) is 5.47. The van der Waals surface area contributed by atoms with Gasteiger partial charge in [0, 0.05) is 36.5 Å². The number of thioether (sulfide) groups is 1. The zero-order chi connectivity index (χ0) is 16.7. The first-order chi connectivity index (χ1) is 11.1. The standard InChI is InChI=1S/C17H23N3O2S/c1-3-20(12-13-4-8-15(23-2)9-5-13)17(22)11-7-14-6-10-16(21)19-18-14/h4-5,8-9H,3,6-7,10-12H2,1-2H3,(H,19,21). The Morgan fingerprint density at radius 2 is 2.04 bits per heavy atom. The van der Waals surface area contributed by atoms with Gasteiger partial charge >= 0.3 is 0 Å². The van der Waals surface area contributed by atoms with Crippen LogP contribution in [0, 0.1) is 0 Å². The summed E-state index contributed by atoms with van der Waals surface area (Å²) in [7, 11) is 0. The molecule has 1 aromatic rings. The van der Waals surface area contributed by atoms with Gasteiger partial charge in [0.25, 0.3) is 0 Å². The van der Waals surface area contributed by atoms with E-state index in [1.54, 1.807) is 11.8 Å². The van der Waals surface area contributed by atoms with Crippen LogP contribution in [0.2, 0.25) is 0 Å². The molecule has 6 heteroatoms. The first-order valence-electron chi connectivity index (χ1n) is 7.87. The van der Waals surface area contributed by atoms with E-state index in [9.17, 15) is 9.59 Å². The Bertz CT molecular complexity index is 584. The lowest BCUT2D eigenvalue weighted by molar-refractivity contribution is -0.131. The molecule has 0 fully saturated rings. The van der Waals surface area contributed by atoms with Gasteiger partial charge in [-0.25, -0.2) is 5.43 Å². The summed E-state index contributed by atoms with van der Waals surface area (Å²) >= 11 is 1.71. The van der Waals surface area contributed by atoms with E-state index in [4.69, 9.17) is 0 Å². The summed E-state index contributed by atoms with van der Waals surface area (Å²) in [5, 5.41) is 4.01. The molecule has 0 saturated carbocycles. The molecule has 1 heterocycles. The Morgan fingerprint density at radius 3 is 2.61 bits per heavy atom. The molecule has 0 bridgehead atoms. The van der Waals surface area contributed by atoms with Gasteiger partial charge in [0.2, 0.25) is 11.8 Å². The quantitative estimate of drug-likeness (QED) is 0.781. The topological polar surface area (TPSA) is 61.8 Å². The maximum atomic E-state index is 12.4. The third kappa shape index (κ3) is 5.39. The Labute approximate surface area is 141 Å². The second-order valence-corrected chi connectivity index (χ2v) is 6.35. The molecule has 0 aromatic heterocycles. The van der Waals surface area contributed by atoms with Crippen LogP contribution < -0.4 is 5.43 Å². The maximum absolute atomic E-state index is 12.4. The number of hydrogen-bond acceptors (Lipinski definition) is 4. The third-order valence-corrected chi connectivity index (χ3v) is 4.62. The van der Waals surface area contributed by atoms with E-state index in [-0.39, 0.29) is 11.8 Å². The fraction of sp³-hybridized carbons (Fsp3) is 0.471. The van der Waals surface area contributed by atoms with Crippen molar-refractivity contribution in [3.63, 3.8) is 0 Å². The van der Waals surface area contributed by atoms with Crippen molar-refractivity contribution in [2.24, 2.45) is 5.10 Å². The van der Waals surface area contributed by atoms with Gasteiger partial charge in [-0.05, 0) is 43.7 Å². The van der Waals surface area contributed by atoms with E-state index < -0.39 is 0 Å². The van der Waals surface area contributed by atoms with Crippen LogP contribution in [-0.4, -0.2) is 35.2 Å². The van der Waals surface area contributed by atoms with Gasteiger partial charge in [0.15, 0.2) is 0 Å². The van der Waals surface area contributed by atoms with Crippen LogP contribution in [0.4, 0.5) is 0 Å². The lowest BCUT2D eigenvalue weighted by Gasteiger charge is -2.21. The van der Waals surface area contributed by atoms with Gasteiger partial charge in [-0.3, -0.25) is 9.59 Å². The minimum Gasteiger partial charge on any atom is -0.339 e. The first kappa shape index (κ1) is 17.5. The number of carbonyl (C=O) groups is 2. The van der Waals surface area contributed by atoms with Gasteiger partial charge in [-0.1, -0.05) is 12.1 Å². The normalized spacial score (nSPS) is 14.2. The van der Waals surface area contributed by atoms with E-state index in [1.807, 2.05) is 18.1 Å². The van der Waals surface area contributed by atoms with E-state index in [1.165, 1.54) is 4.90 Å². The van der Waals surface area contributed by atoms with E-state index in [0.717, 1.165) is 11.3 Å². The largest absolute Gasteiger partial charge is 0.339 e. The zero-order valence-electron chi connectivity index (χ0n) is 13.7. The lowest BCUT2D eigenvalue weighted by atomic mass is 10.1. The zero-order valence-corrected chi connectivity index (χ0v) is 14.5. The smallest absolute Gasteiger partial charge is 0.240 e. The molecule has 0 unspecified atom stereocenters. The number of nitrogens with zero attached hydrogens (tertiary/aromatic N) is 2. The molecular formula is C17H23N3O2S. The molecule has 1 aliphatic rings. The fourth-order valence-electron chi connectivity index (χ4n) is 2.43. The summed E-state index contributed by atoms with van der Waals surface area (Å²) < 4.78 is 0. The van der Waals surface area contributed by atoms with Crippen LogP contribution in [0.5, 0.6) is 0 Å². The van der Waals surface area contributed by atoms with Crippen molar-refractivity contribution in [1.29, 1.82) is 0 Å². The molecule has 2 amide bonds. The van der Waals surface area contributed by atoms with Crippen LogP contribution in [0.1, 0.15) is 38.2 Å². The molecule has 2 rings (SSSR count). The number of carbonyl (C=O) groups excluding carboxylic acids is 2. The highest BCUT2D eigenvalue weighted by Gasteiger charge is 2.16. The van der Waals surface area contributed by atoms with Gasteiger partial charge < -0.3 is 4.90 Å². The minimum absolute atomic E-state index is 0.0519. The average molecular weight is 333 g/mol. The summed E-state index contributed by atoms with van der Waals surface area (Å²) in [4.78, 5) is 26.5. The van der Waals surface area contributed by atoms with E-state index in [2.05, 4.69) is 34.8 Å². The number of amides is 2. The fourth-order valence-corrected chi connectivity index (χ4v) is 2.84. The molecule has 1 aliphatic heterocycles. The van der Waals surface area contributed by atoms with Crippen LogP contribution >= 0.6 is 11.8 Å². The van der Waals surface area contributed by atoms with Gasteiger partial charge in [-0.15, -0.1) is 11.8 Å². The molecule has 124 valence electrons. The number of nitrogens with one attached hydrogen (secondary N) is 1. The van der Waals surface area contributed by atoms with Crippen molar-refractivity contribution in [3.8, 4) is 0 Å². The van der Waals surface area contributed by atoms with Crippen molar-refractivity contribution >= 4 is 29.3 Å². The summed E-state index contributed by atoms with van der Waals surface area (Å²) in [6.45, 7) is 3.31. The van der Waals surface area contributed by atoms with Crippen LogP contribution in [0.15, 0.2) is 34.3 Å². The molecule has 5 nitrogen and oxygen atoms in total. The Hall–Kier alpha value is -1.82. The maximum Gasteiger partial charge on any atom is 0.240 e. The summed E-state index contributed by atoms with van der Waals surface area (Å²) in [6, 6.07) is 8.31. The van der Waals surface area contributed by atoms with Crippen LogP contribution in [0.25, 0.3) is 0 Å². The number of benzene rings is 1. The molecule has 0 saturated heterocycles. The molecule has 0 spiro atoms. The highest BCUT2D eigenvalue weighted by atomic mass is 32.2. The molecule has 0 atom stereocenters. The molecule has 23 heavy (non-hydrogen) atoms. The third-order valence-electron chi connectivity index (χ3n) is 3.87. The highest BCUT2D eigenvalue weighted by Crippen LogP contribution is 2.16. The predicted molar refractivity (Wildman–Crippen MR) is 93.4 cm³/mol. The summed E-state index contributed by atoms with van der Waals surface area (Å²) in [5.41, 5.74) is 4.51. The van der Waals surface area contributed by atoms with Gasteiger partial charge in [0.1, 0.15) is 0 Å². The summed E-state index contributed by atoms with van der Waals surface area (Å²) in [5.74, 6) is 0.0741. The van der Waals surface area contributed by atoms with Crippen molar-refractivity contribution in [2.45, 2.75) is 44.0 Å². The molecule has 0 aliphatic carbocycles. The average Bonchev–Trinajstić information content (AvgIpc) is 2.59. The Morgan fingerprint density at radius 1 is 1.30 bits per heavy atom. The van der Waals surface area contributed by atoms with Gasteiger partial charge in [0.05, 0.1) is 0 Å². The van der Waals surface area contributed by atoms with E-state index in [0.29, 0.717) is 38.8 Å². The van der Waals surface area contributed by atoms with Crippen molar-refractivity contribution in [3.05, 3.63) is 29.8 Å². The van der Waals surface area contributed by atoms with Crippen molar-refractivity contribution in [1.82, 2.24) is 10.3 Å². The van der Waals surface area contributed by atoms with Gasteiger partial charge in [-0.2, -0.15) is 5.10 Å². The Kier molecular flexibility index (Phi) is 6.65. The first-order valence-corrected chi connectivity index (χ1v) is 9.09.